The molecule has 5 nitrogen and oxygen atoms in total. The normalized spacial score (nSPS) is 14.6. The fraction of sp³-hybridized carbons (Fsp3) is 0.333. The monoisotopic (exact) mass is 546 g/mol. The molecular formula is C27H26ClF3N4OS. The van der Waals surface area contributed by atoms with Crippen LogP contribution in [0.3, 0.4) is 0 Å². The summed E-state index contributed by atoms with van der Waals surface area (Å²) in [4.78, 5) is 23.0. The minimum Gasteiger partial charge on any atom is -0.372 e. The number of benzene rings is 2. The quantitative estimate of drug-likeness (QED) is 0.230. The van der Waals surface area contributed by atoms with Crippen LogP contribution in [0.4, 0.5) is 23.9 Å². The molecule has 2 heterocycles. The smallest absolute Gasteiger partial charge is 0.372 e. The van der Waals surface area contributed by atoms with Gasteiger partial charge in [0.1, 0.15) is 16.9 Å². The number of nitrogens with zero attached hydrogens (tertiary/aromatic N) is 1. The molecule has 1 aliphatic carbocycles. The Hall–Kier alpha value is -3.04. The Kier molecular flexibility index (Phi) is 6.93. The topological polar surface area (TPSA) is 69.8 Å². The Morgan fingerprint density at radius 2 is 1.89 bits per heavy atom. The fourth-order valence-corrected chi connectivity index (χ4v) is 6.21. The molecule has 10 heteroatoms. The van der Waals surface area contributed by atoms with Crippen LogP contribution in [0.2, 0.25) is 5.02 Å². The summed E-state index contributed by atoms with van der Waals surface area (Å²) in [5.41, 5.74) is 3.33. The molecule has 1 amide bonds. The Balaban J connectivity index is 1.46. The van der Waals surface area contributed by atoms with Gasteiger partial charge >= 0.3 is 6.18 Å². The van der Waals surface area contributed by atoms with Crippen molar-refractivity contribution < 1.29 is 18.0 Å². The Bertz CT molecular complexity index is 1430. The molecular weight excluding hydrogens is 521 g/mol. The largest absolute Gasteiger partial charge is 0.416 e. The molecule has 194 valence electrons. The van der Waals surface area contributed by atoms with Gasteiger partial charge in [-0.3, -0.25) is 4.79 Å². The van der Waals surface area contributed by atoms with Crippen molar-refractivity contribution in [1.29, 1.82) is 0 Å². The number of alkyl halides is 3. The van der Waals surface area contributed by atoms with Crippen LogP contribution in [0.25, 0.3) is 22.4 Å². The summed E-state index contributed by atoms with van der Waals surface area (Å²) in [5, 5.41) is 6.79. The highest BCUT2D eigenvalue weighted by Gasteiger charge is 2.32. The number of fused-ring (bicyclic) bond motifs is 2. The molecule has 2 aromatic carbocycles. The van der Waals surface area contributed by atoms with Gasteiger partial charge in [0.2, 0.25) is 5.91 Å². The van der Waals surface area contributed by atoms with Crippen molar-refractivity contribution in [2.24, 2.45) is 5.92 Å². The number of para-hydroxylation sites is 2. The van der Waals surface area contributed by atoms with Gasteiger partial charge in [0.15, 0.2) is 0 Å². The average Bonchev–Trinajstić information content (AvgIpc) is 3.42. The first-order valence-corrected chi connectivity index (χ1v) is 13.3. The van der Waals surface area contributed by atoms with E-state index in [1.165, 1.54) is 16.5 Å². The van der Waals surface area contributed by atoms with E-state index in [1.54, 1.807) is 11.3 Å². The van der Waals surface area contributed by atoms with E-state index in [-0.39, 0.29) is 22.5 Å². The first-order chi connectivity index (χ1) is 17.6. The number of amides is 1. The molecule has 0 radical (unpaired) electrons. The number of halogens is 4. The maximum atomic E-state index is 13.5. The predicted molar refractivity (Wildman–Crippen MR) is 143 cm³/mol. The summed E-state index contributed by atoms with van der Waals surface area (Å²) in [6.07, 6.45) is -0.449. The lowest BCUT2D eigenvalue weighted by atomic mass is 9.95. The summed E-state index contributed by atoms with van der Waals surface area (Å²) in [6, 6.07) is 10.1. The molecule has 2 aromatic heterocycles. The van der Waals surface area contributed by atoms with Crippen LogP contribution in [0.5, 0.6) is 0 Å². The number of hydrogen-bond acceptors (Lipinski definition) is 4. The lowest BCUT2D eigenvalue weighted by Gasteiger charge is -2.23. The summed E-state index contributed by atoms with van der Waals surface area (Å²) in [6.45, 7) is 3.74. The summed E-state index contributed by atoms with van der Waals surface area (Å²) >= 11 is 7.72. The summed E-state index contributed by atoms with van der Waals surface area (Å²) in [5.74, 6) is 0.264. The highest BCUT2D eigenvalue weighted by molar-refractivity contribution is 7.17. The van der Waals surface area contributed by atoms with Crippen LogP contribution in [-0.4, -0.2) is 21.9 Å². The van der Waals surface area contributed by atoms with Crippen molar-refractivity contribution in [2.45, 2.75) is 51.7 Å². The van der Waals surface area contributed by atoms with Crippen molar-refractivity contribution in [3.63, 3.8) is 0 Å². The van der Waals surface area contributed by atoms with E-state index in [4.69, 9.17) is 16.6 Å². The van der Waals surface area contributed by atoms with Crippen LogP contribution in [0.15, 0.2) is 42.5 Å². The van der Waals surface area contributed by atoms with E-state index in [0.717, 1.165) is 65.2 Å². The van der Waals surface area contributed by atoms with E-state index in [2.05, 4.69) is 15.6 Å². The molecule has 1 aliphatic rings. The zero-order valence-electron chi connectivity index (χ0n) is 20.3. The highest BCUT2D eigenvalue weighted by Crippen LogP contribution is 2.44. The molecule has 1 atom stereocenters. The molecule has 0 fully saturated rings. The molecule has 5 rings (SSSR count). The van der Waals surface area contributed by atoms with Crippen LogP contribution in [0.1, 0.15) is 42.7 Å². The lowest BCUT2D eigenvalue weighted by Crippen LogP contribution is -2.38. The van der Waals surface area contributed by atoms with Gasteiger partial charge in [-0.25, -0.2) is 4.98 Å². The number of rotatable bonds is 6. The van der Waals surface area contributed by atoms with E-state index < -0.39 is 17.8 Å². The second-order valence-corrected chi connectivity index (χ2v) is 11.1. The van der Waals surface area contributed by atoms with Gasteiger partial charge in [-0.05, 0) is 67.5 Å². The molecule has 0 unspecified atom stereocenters. The zero-order chi connectivity index (χ0) is 26.3. The minimum absolute atomic E-state index is 0.0946. The third-order valence-corrected chi connectivity index (χ3v) is 8.11. The molecule has 3 N–H and O–H groups in total. The zero-order valence-corrected chi connectivity index (χ0v) is 21.9. The van der Waals surface area contributed by atoms with Crippen molar-refractivity contribution in [1.82, 2.24) is 9.97 Å². The molecule has 0 saturated heterocycles. The standard InChI is InChI=1S/C27H26ClF3N4OS/c1-14(2)23(32-18-12-11-15(13-17(18)28)27(29,30)31)25(36)35-26-22(16-7-3-6-10-21(16)37-26)24-33-19-8-4-5-9-20(19)34-24/h4-5,8-9,11-14,23,32H,3,6-7,10H2,1-2H3,(H,33,34)(H,35,36)/t23-/m1/s1. The van der Waals surface area contributed by atoms with Crippen LogP contribution >= 0.6 is 22.9 Å². The molecule has 0 saturated carbocycles. The van der Waals surface area contributed by atoms with Gasteiger partial charge in [0, 0.05) is 4.88 Å². The number of aromatic nitrogens is 2. The van der Waals surface area contributed by atoms with E-state index >= 15 is 0 Å². The second kappa shape index (κ2) is 10.0. The van der Waals surface area contributed by atoms with Crippen molar-refractivity contribution in [2.75, 3.05) is 10.6 Å². The van der Waals surface area contributed by atoms with E-state index in [0.29, 0.717) is 0 Å². The Morgan fingerprint density at radius 1 is 1.14 bits per heavy atom. The number of carbonyl (C=O) groups is 1. The average molecular weight is 547 g/mol. The van der Waals surface area contributed by atoms with Crippen LogP contribution < -0.4 is 10.6 Å². The first-order valence-electron chi connectivity index (χ1n) is 12.2. The number of aromatic amines is 1. The number of hydrogen-bond donors (Lipinski definition) is 3. The van der Waals surface area contributed by atoms with Crippen molar-refractivity contribution >= 4 is 50.6 Å². The molecule has 0 bridgehead atoms. The van der Waals surface area contributed by atoms with Gasteiger partial charge in [-0.1, -0.05) is 37.6 Å². The Labute approximate surface area is 221 Å². The number of nitrogens with one attached hydrogen (secondary N) is 3. The van der Waals surface area contributed by atoms with Crippen LogP contribution in [-0.2, 0) is 23.8 Å². The van der Waals surface area contributed by atoms with Crippen LogP contribution in [0, 0.1) is 5.92 Å². The molecule has 0 spiro atoms. The minimum atomic E-state index is -4.50. The fourth-order valence-electron chi connectivity index (χ4n) is 4.68. The molecule has 4 aromatic rings. The van der Waals surface area contributed by atoms with Gasteiger partial charge in [0.05, 0.1) is 32.9 Å². The third kappa shape index (κ3) is 5.20. The number of thiophene rings is 1. The number of imidazole rings is 1. The molecule has 37 heavy (non-hydrogen) atoms. The second-order valence-electron chi connectivity index (χ2n) is 9.57. The number of H-pyrrole nitrogens is 1. The summed E-state index contributed by atoms with van der Waals surface area (Å²) in [7, 11) is 0. The summed E-state index contributed by atoms with van der Waals surface area (Å²) < 4.78 is 39.2. The SMILES string of the molecule is CC(C)[C@@H](Nc1ccc(C(F)(F)F)cc1Cl)C(=O)Nc1sc2c(c1-c1nc3ccccc3[nH]1)CCCC2. The first kappa shape index (κ1) is 25.6. The maximum absolute atomic E-state index is 13.5. The third-order valence-electron chi connectivity index (χ3n) is 6.59. The lowest BCUT2D eigenvalue weighted by molar-refractivity contribution is -0.137. The highest BCUT2D eigenvalue weighted by atomic mass is 35.5. The van der Waals surface area contributed by atoms with Gasteiger partial charge < -0.3 is 15.6 Å². The van der Waals surface area contributed by atoms with Gasteiger partial charge in [-0.15, -0.1) is 11.3 Å². The van der Waals surface area contributed by atoms with Gasteiger partial charge in [-0.2, -0.15) is 13.2 Å². The predicted octanol–water partition coefficient (Wildman–Crippen LogP) is 7.92. The molecule has 0 aliphatic heterocycles. The maximum Gasteiger partial charge on any atom is 0.416 e. The van der Waals surface area contributed by atoms with Crippen molar-refractivity contribution in [3.8, 4) is 11.4 Å². The van der Waals surface area contributed by atoms with Crippen molar-refractivity contribution in [3.05, 3.63) is 63.5 Å². The number of aryl methyl sites for hydroxylation is 1. The number of anilines is 2. The van der Waals surface area contributed by atoms with E-state index in [9.17, 15) is 18.0 Å². The van der Waals surface area contributed by atoms with Gasteiger partial charge in [0.25, 0.3) is 0 Å². The number of carbonyl (C=O) groups excluding carboxylic acids is 1. The van der Waals surface area contributed by atoms with E-state index in [1.807, 2.05) is 38.1 Å². The Morgan fingerprint density at radius 3 is 2.59 bits per heavy atom.